The minimum Gasteiger partial charge on any atom is -0.499 e. The van der Waals surface area contributed by atoms with Crippen LogP contribution in [0.25, 0.3) is 11.5 Å². The largest absolute Gasteiger partial charge is 0.499 e. The van der Waals surface area contributed by atoms with Crippen molar-refractivity contribution < 1.29 is 4.74 Å². The van der Waals surface area contributed by atoms with Gasteiger partial charge in [0.2, 0.25) is 5.78 Å². The van der Waals surface area contributed by atoms with Crippen molar-refractivity contribution in [2.45, 2.75) is 13.8 Å². The number of hydrogen-bond acceptors (Lipinski definition) is 4. The molecular formula is C12H14N4O. The van der Waals surface area contributed by atoms with Crippen molar-refractivity contribution in [2.24, 2.45) is 4.99 Å². The second-order valence-corrected chi connectivity index (χ2v) is 3.45. The average Bonchev–Trinajstić information content (AvgIpc) is 2.67. The van der Waals surface area contributed by atoms with E-state index in [1.807, 2.05) is 30.5 Å². The van der Waals surface area contributed by atoms with Gasteiger partial charge in [-0.1, -0.05) is 0 Å². The Morgan fingerprint density at radius 2 is 2.47 bits per heavy atom. The zero-order valence-corrected chi connectivity index (χ0v) is 9.92. The number of ether oxygens (including phenoxy) is 1. The van der Waals surface area contributed by atoms with Gasteiger partial charge in [0.05, 0.1) is 18.0 Å². The van der Waals surface area contributed by atoms with Crippen LogP contribution in [0.3, 0.4) is 0 Å². The summed E-state index contributed by atoms with van der Waals surface area (Å²) in [5.41, 5.74) is 2.36. The van der Waals surface area contributed by atoms with Gasteiger partial charge in [-0.3, -0.25) is 9.39 Å². The summed E-state index contributed by atoms with van der Waals surface area (Å²) in [6.45, 7) is 7.98. The van der Waals surface area contributed by atoms with Gasteiger partial charge in [-0.25, -0.2) is 9.97 Å². The zero-order chi connectivity index (χ0) is 12.3. The lowest BCUT2D eigenvalue weighted by Gasteiger charge is -2.03. The minimum absolute atomic E-state index is 0.590. The highest BCUT2D eigenvalue weighted by atomic mass is 16.5. The highest BCUT2D eigenvalue weighted by Gasteiger charge is 2.12. The van der Waals surface area contributed by atoms with Crippen molar-refractivity contribution in [1.82, 2.24) is 14.4 Å². The highest BCUT2D eigenvalue weighted by Crippen LogP contribution is 2.20. The maximum absolute atomic E-state index is 5.26. The summed E-state index contributed by atoms with van der Waals surface area (Å²) in [5.74, 6) is 0.644. The Bertz CT molecular complexity index is 571. The number of aromatic nitrogens is 3. The zero-order valence-electron chi connectivity index (χ0n) is 9.92. The second kappa shape index (κ2) is 4.78. The number of hydrogen-bond donors (Lipinski definition) is 0. The maximum Gasteiger partial charge on any atom is 0.234 e. The molecule has 5 nitrogen and oxygen atoms in total. The van der Waals surface area contributed by atoms with Crippen LogP contribution in [0.1, 0.15) is 18.3 Å². The van der Waals surface area contributed by atoms with Gasteiger partial charge in [-0.05, 0) is 26.6 Å². The number of aryl methyl sites for hydroxylation is 1. The molecule has 2 heterocycles. The quantitative estimate of drug-likeness (QED) is 0.596. The van der Waals surface area contributed by atoms with E-state index in [1.54, 1.807) is 12.5 Å². The molecule has 0 fully saturated rings. The molecule has 0 aromatic carbocycles. The molecule has 0 aliphatic carbocycles. The summed E-state index contributed by atoms with van der Waals surface area (Å²) in [4.78, 5) is 12.5. The monoisotopic (exact) mass is 230 g/mol. The normalized spacial score (nSPS) is 11.8. The van der Waals surface area contributed by atoms with Crippen LogP contribution in [0.15, 0.2) is 29.7 Å². The fourth-order valence-corrected chi connectivity index (χ4v) is 1.64. The van der Waals surface area contributed by atoms with Crippen molar-refractivity contribution >= 4 is 18.2 Å². The first-order chi connectivity index (χ1) is 8.27. The summed E-state index contributed by atoms with van der Waals surface area (Å²) in [6, 6.07) is 1.85. The second-order valence-electron chi connectivity index (χ2n) is 3.45. The first-order valence-electron chi connectivity index (χ1n) is 5.36. The van der Waals surface area contributed by atoms with Crippen LogP contribution in [0.5, 0.6) is 0 Å². The molecule has 0 aliphatic rings. The van der Waals surface area contributed by atoms with Crippen LogP contribution in [0.2, 0.25) is 0 Å². The van der Waals surface area contributed by atoms with Gasteiger partial charge in [0.1, 0.15) is 12.0 Å². The molecule has 0 unspecified atom stereocenters. The van der Waals surface area contributed by atoms with Crippen molar-refractivity contribution in [2.75, 3.05) is 6.61 Å². The lowest BCUT2D eigenvalue weighted by Crippen LogP contribution is -1.94. The molecule has 0 radical (unpaired) electrons. The van der Waals surface area contributed by atoms with Crippen LogP contribution < -0.4 is 0 Å². The number of imidazole rings is 1. The van der Waals surface area contributed by atoms with E-state index in [2.05, 4.69) is 21.7 Å². The maximum atomic E-state index is 5.26. The summed E-state index contributed by atoms with van der Waals surface area (Å²) in [6.07, 6.45) is 5.19. The highest BCUT2D eigenvalue weighted by molar-refractivity contribution is 5.68. The third-order valence-electron chi connectivity index (χ3n) is 2.35. The third kappa shape index (κ3) is 2.04. The molecule has 17 heavy (non-hydrogen) atoms. The Labute approximate surface area is 99.5 Å². The molecule has 0 bridgehead atoms. The number of nitrogens with zero attached hydrogens (tertiary/aromatic N) is 4. The third-order valence-corrected chi connectivity index (χ3v) is 2.35. The van der Waals surface area contributed by atoms with E-state index in [4.69, 9.17) is 4.74 Å². The van der Waals surface area contributed by atoms with Gasteiger partial charge in [0.25, 0.3) is 0 Å². The van der Waals surface area contributed by atoms with E-state index in [9.17, 15) is 0 Å². The summed E-state index contributed by atoms with van der Waals surface area (Å²) in [7, 11) is 0. The molecule has 2 aromatic heterocycles. The molecule has 0 amide bonds. The van der Waals surface area contributed by atoms with Gasteiger partial charge in [0.15, 0.2) is 0 Å². The molecule has 2 rings (SSSR count). The average molecular weight is 230 g/mol. The molecule has 0 aliphatic heterocycles. The molecule has 0 spiro atoms. The Hall–Kier alpha value is -2.17. The van der Waals surface area contributed by atoms with Crippen molar-refractivity contribution in [3.05, 3.63) is 36.1 Å². The summed E-state index contributed by atoms with van der Waals surface area (Å²) in [5, 5.41) is 0. The van der Waals surface area contributed by atoms with Gasteiger partial charge in [0, 0.05) is 12.4 Å². The van der Waals surface area contributed by atoms with Crippen molar-refractivity contribution in [3.63, 3.8) is 0 Å². The molecular weight excluding hydrogens is 216 g/mol. The SMILES string of the molecule is C=N/C(=C\OCC)c1c(C)nc2ncccn12. The lowest BCUT2D eigenvalue weighted by molar-refractivity contribution is 0.270. The Kier molecular flexibility index (Phi) is 3.18. The fourth-order valence-electron chi connectivity index (χ4n) is 1.64. The molecule has 2 aromatic rings. The standard InChI is InChI=1S/C12H14N4O/c1-4-17-8-10(13-3)11-9(2)15-12-14-6-5-7-16(11)12/h5-8H,3-4H2,1-2H3/b10-8-. The molecule has 88 valence electrons. The fraction of sp³-hybridized carbons (Fsp3) is 0.250. The predicted molar refractivity (Wildman–Crippen MR) is 66.9 cm³/mol. The van der Waals surface area contributed by atoms with Crippen LogP contribution in [0.4, 0.5) is 0 Å². The number of fused-ring (bicyclic) bond motifs is 1. The topological polar surface area (TPSA) is 51.8 Å². The van der Waals surface area contributed by atoms with E-state index >= 15 is 0 Å². The van der Waals surface area contributed by atoms with Crippen LogP contribution in [-0.4, -0.2) is 27.7 Å². The number of rotatable bonds is 4. The Morgan fingerprint density at radius 1 is 1.65 bits per heavy atom. The van der Waals surface area contributed by atoms with Gasteiger partial charge < -0.3 is 4.74 Å². The predicted octanol–water partition coefficient (Wildman–Crippen LogP) is 2.07. The first kappa shape index (κ1) is 11.3. The van der Waals surface area contributed by atoms with Crippen molar-refractivity contribution in [3.8, 4) is 0 Å². The lowest BCUT2D eigenvalue weighted by atomic mass is 10.3. The van der Waals surface area contributed by atoms with Gasteiger partial charge in [-0.2, -0.15) is 0 Å². The van der Waals surface area contributed by atoms with E-state index in [0.717, 1.165) is 11.4 Å². The summed E-state index contributed by atoms with van der Waals surface area (Å²) < 4.78 is 7.13. The van der Waals surface area contributed by atoms with Crippen LogP contribution >= 0.6 is 0 Å². The minimum atomic E-state index is 0.590. The van der Waals surface area contributed by atoms with E-state index < -0.39 is 0 Å². The van der Waals surface area contributed by atoms with Crippen LogP contribution in [-0.2, 0) is 4.74 Å². The molecule has 0 saturated carbocycles. The van der Waals surface area contributed by atoms with E-state index in [-0.39, 0.29) is 0 Å². The van der Waals surface area contributed by atoms with Gasteiger partial charge >= 0.3 is 0 Å². The summed E-state index contributed by atoms with van der Waals surface area (Å²) >= 11 is 0. The van der Waals surface area contributed by atoms with Gasteiger partial charge in [-0.15, -0.1) is 0 Å². The molecule has 0 atom stereocenters. The molecule has 0 saturated heterocycles. The molecule has 5 heteroatoms. The van der Waals surface area contributed by atoms with Crippen molar-refractivity contribution in [1.29, 1.82) is 0 Å². The number of aliphatic imine (C=N–C) groups is 1. The Morgan fingerprint density at radius 3 is 3.18 bits per heavy atom. The van der Waals surface area contributed by atoms with E-state index in [0.29, 0.717) is 18.1 Å². The first-order valence-corrected chi connectivity index (χ1v) is 5.36. The van der Waals surface area contributed by atoms with E-state index in [1.165, 1.54) is 0 Å². The van der Waals surface area contributed by atoms with Crippen LogP contribution in [0, 0.1) is 6.92 Å². The smallest absolute Gasteiger partial charge is 0.234 e. The Balaban J connectivity index is 2.60. The molecule has 0 N–H and O–H groups in total.